The molecule has 0 aromatic heterocycles. The molecule has 0 N–H and O–H groups in total. The lowest BCUT2D eigenvalue weighted by Crippen LogP contribution is -2.23. The molecule has 0 aromatic rings. The molecule has 0 rings (SSSR count). The Kier molecular flexibility index (Phi) is 6.89. The highest BCUT2D eigenvalue weighted by molar-refractivity contribution is 8.55. The van der Waals surface area contributed by atoms with E-state index in [1.54, 1.807) is 19.2 Å². The van der Waals surface area contributed by atoms with Crippen LogP contribution in [0.3, 0.4) is 0 Å². The van der Waals surface area contributed by atoms with Gasteiger partial charge in [0.25, 0.3) is 0 Å². The van der Waals surface area contributed by atoms with E-state index in [1.165, 1.54) is 0 Å². The van der Waals surface area contributed by atoms with Crippen molar-refractivity contribution in [1.82, 2.24) is 5.06 Å². The number of rotatable bonds is 6. The largest absolute Gasteiger partial charge is 0.392 e. The number of hydrogen-bond donors (Lipinski definition) is 0. The van der Waals surface area contributed by atoms with Crippen molar-refractivity contribution in [2.45, 2.75) is 52.7 Å². The van der Waals surface area contributed by atoms with E-state index in [0.717, 1.165) is 11.4 Å². The summed E-state index contributed by atoms with van der Waals surface area (Å²) in [6.45, 7) is 7.82. The van der Waals surface area contributed by atoms with Gasteiger partial charge in [-0.1, -0.05) is 0 Å². The Balaban J connectivity index is 4.66. The van der Waals surface area contributed by atoms with Crippen molar-refractivity contribution < 1.29 is 18.5 Å². The van der Waals surface area contributed by atoms with Gasteiger partial charge in [0.1, 0.15) is 5.94 Å². The maximum atomic E-state index is 12.6. The van der Waals surface area contributed by atoms with Crippen molar-refractivity contribution in [3.63, 3.8) is 0 Å². The van der Waals surface area contributed by atoms with Gasteiger partial charge in [-0.25, -0.2) is 4.57 Å². The summed E-state index contributed by atoms with van der Waals surface area (Å²) in [6.07, 6.45) is 0. The fourth-order valence-electron chi connectivity index (χ4n) is 0.936. The Labute approximate surface area is 115 Å². The molecule has 0 amide bonds. The Morgan fingerprint density at radius 3 is 1.67 bits per heavy atom. The molecule has 0 aliphatic rings. The monoisotopic (exact) mass is 299 g/mol. The number of hydroxylamine groups is 2. The maximum absolute atomic E-state index is 12.6. The number of hydrogen-bond acceptors (Lipinski definition) is 6. The summed E-state index contributed by atoms with van der Waals surface area (Å²) in [6, 6.07) is 0. The molecule has 0 spiro atoms. The smallest absolute Gasteiger partial charge is 0.295 e. The van der Waals surface area contributed by atoms with Gasteiger partial charge >= 0.3 is 6.80 Å². The van der Waals surface area contributed by atoms with Crippen molar-refractivity contribution in [3.8, 4) is 0 Å². The van der Waals surface area contributed by atoms with E-state index >= 15 is 0 Å². The van der Waals surface area contributed by atoms with E-state index in [1.807, 2.05) is 41.5 Å². The first-order valence-electron chi connectivity index (χ1n) is 5.79. The van der Waals surface area contributed by atoms with Gasteiger partial charge in [0.2, 0.25) is 0 Å². The molecule has 0 radical (unpaired) electrons. The van der Waals surface area contributed by atoms with Gasteiger partial charge in [0.05, 0.1) is 11.2 Å². The van der Waals surface area contributed by atoms with Crippen LogP contribution in [0.2, 0.25) is 0 Å². The first-order chi connectivity index (χ1) is 7.83. The Bertz CT molecular complexity index is 276. The molecular weight excluding hydrogens is 273 g/mol. The first-order valence-corrected chi connectivity index (χ1v) is 8.93. The Morgan fingerprint density at radius 2 is 1.39 bits per heavy atom. The van der Waals surface area contributed by atoms with E-state index in [4.69, 9.17) is 13.9 Å². The van der Waals surface area contributed by atoms with Crippen LogP contribution in [0.15, 0.2) is 0 Å². The zero-order valence-electron chi connectivity index (χ0n) is 12.6. The van der Waals surface area contributed by atoms with Gasteiger partial charge in [0.15, 0.2) is 0 Å². The summed E-state index contributed by atoms with van der Waals surface area (Å²) in [5, 5.41) is 1.55. The summed E-state index contributed by atoms with van der Waals surface area (Å²) in [4.78, 5) is 5.23. The fraction of sp³-hybridized carbons (Fsp3) is 1.00. The third kappa shape index (κ3) is 10.4. The second-order valence-corrected chi connectivity index (χ2v) is 9.91. The van der Waals surface area contributed by atoms with Gasteiger partial charge in [-0.15, -0.1) is 0 Å². The minimum atomic E-state index is -3.25. The molecule has 0 aromatic carbocycles. The van der Waals surface area contributed by atoms with Crippen molar-refractivity contribution in [2.24, 2.45) is 0 Å². The Hall–Kier alpha value is 0.420. The minimum Gasteiger partial charge on any atom is -0.295 e. The predicted molar refractivity (Wildman–Crippen MR) is 76.5 cm³/mol. The Morgan fingerprint density at radius 1 is 1.00 bits per heavy atom. The third-order valence-electron chi connectivity index (χ3n) is 1.29. The molecular formula is C11H26NO4PS. The summed E-state index contributed by atoms with van der Waals surface area (Å²) < 4.78 is 23.8. The lowest BCUT2D eigenvalue weighted by molar-refractivity contribution is -0.0945. The molecule has 0 unspecified atom stereocenters. The van der Waals surface area contributed by atoms with Crippen LogP contribution in [-0.2, 0) is 18.5 Å². The lowest BCUT2D eigenvalue weighted by atomic mass is 10.2. The quantitative estimate of drug-likeness (QED) is 0.421. The highest BCUT2D eigenvalue weighted by Crippen LogP contribution is 2.64. The van der Waals surface area contributed by atoms with Crippen molar-refractivity contribution in [2.75, 3.05) is 20.0 Å². The van der Waals surface area contributed by atoms with Crippen LogP contribution in [0, 0.1) is 0 Å². The summed E-state index contributed by atoms with van der Waals surface area (Å²) >= 11 is 1.05. The predicted octanol–water partition coefficient (Wildman–Crippen LogP) is 3.91. The van der Waals surface area contributed by atoms with Crippen LogP contribution >= 0.6 is 18.2 Å². The van der Waals surface area contributed by atoms with Crippen molar-refractivity contribution >= 4 is 18.2 Å². The molecule has 0 aliphatic heterocycles. The molecule has 0 heterocycles. The van der Waals surface area contributed by atoms with E-state index in [9.17, 15) is 4.57 Å². The van der Waals surface area contributed by atoms with E-state index in [0.29, 0.717) is 0 Å². The molecule has 0 fully saturated rings. The van der Waals surface area contributed by atoms with Crippen LogP contribution in [-0.4, -0.2) is 36.3 Å². The zero-order chi connectivity index (χ0) is 14.6. The topological polar surface area (TPSA) is 48.0 Å². The van der Waals surface area contributed by atoms with E-state index in [2.05, 4.69) is 0 Å². The molecule has 0 saturated heterocycles. The summed E-state index contributed by atoms with van der Waals surface area (Å²) in [5.74, 6) is 0.219. The molecule has 7 heteroatoms. The van der Waals surface area contributed by atoms with Gasteiger partial charge < -0.3 is 0 Å². The maximum Gasteiger partial charge on any atom is 0.392 e. The molecule has 0 atom stereocenters. The first kappa shape index (κ1) is 18.4. The molecule has 0 saturated carbocycles. The zero-order valence-corrected chi connectivity index (χ0v) is 14.4. The standard InChI is InChI=1S/C11H26NO4PS/c1-10(2,3)15-17(13,16-11(4,5)6)18-9-14-12(7)8/h9H2,1-8H3. The van der Waals surface area contributed by atoms with Crippen molar-refractivity contribution in [3.05, 3.63) is 0 Å². The average molecular weight is 299 g/mol. The highest BCUT2D eigenvalue weighted by Gasteiger charge is 2.36. The van der Waals surface area contributed by atoms with Crippen LogP contribution in [0.4, 0.5) is 0 Å². The SMILES string of the molecule is CN(C)OCSP(=O)(OC(C)(C)C)OC(C)(C)C. The fourth-order valence-corrected chi connectivity index (χ4v) is 4.99. The minimum absolute atomic E-state index is 0.219. The lowest BCUT2D eigenvalue weighted by Gasteiger charge is -2.31. The van der Waals surface area contributed by atoms with E-state index < -0.39 is 18.0 Å². The van der Waals surface area contributed by atoms with Gasteiger partial charge in [-0.05, 0) is 52.9 Å². The summed E-state index contributed by atoms with van der Waals surface area (Å²) in [5.41, 5.74) is -1.07. The highest BCUT2D eigenvalue weighted by atomic mass is 32.7. The van der Waals surface area contributed by atoms with Crippen LogP contribution in [0.1, 0.15) is 41.5 Å². The average Bonchev–Trinajstić information content (AvgIpc) is 1.93. The van der Waals surface area contributed by atoms with Crippen molar-refractivity contribution in [1.29, 1.82) is 0 Å². The second-order valence-electron chi connectivity index (χ2n) is 6.04. The molecule has 0 bridgehead atoms. The molecule has 110 valence electrons. The van der Waals surface area contributed by atoms with Gasteiger partial charge in [-0.2, -0.15) is 5.06 Å². The second kappa shape index (κ2) is 6.73. The van der Waals surface area contributed by atoms with Crippen LogP contribution in [0.5, 0.6) is 0 Å². The molecule has 5 nitrogen and oxygen atoms in total. The summed E-state index contributed by atoms with van der Waals surface area (Å²) in [7, 11) is 3.53. The van der Waals surface area contributed by atoms with E-state index in [-0.39, 0.29) is 5.94 Å². The van der Waals surface area contributed by atoms with Gasteiger partial charge in [0, 0.05) is 14.1 Å². The normalized spacial score (nSPS) is 14.3. The number of nitrogens with zero attached hydrogens (tertiary/aromatic N) is 1. The van der Waals surface area contributed by atoms with Crippen LogP contribution < -0.4 is 0 Å². The molecule has 18 heavy (non-hydrogen) atoms. The third-order valence-corrected chi connectivity index (χ3v) is 5.07. The van der Waals surface area contributed by atoms with Gasteiger partial charge in [-0.3, -0.25) is 13.9 Å². The molecule has 0 aliphatic carbocycles. The van der Waals surface area contributed by atoms with Crippen LogP contribution in [0.25, 0.3) is 0 Å².